The van der Waals surface area contributed by atoms with Crippen LogP contribution < -0.4 is 15.8 Å². The molecule has 2 rings (SSSR count). The summed E-state index contributed by atoms with van der Waals surface area (Å²) in [5.41, 5.74) is 6.67. The Morgan fingerprint density at radius 2 is 2.41 bits per heavy atom. The summed E-state index contributed by atoms with van der Waals surface area (Å²) < 4.78 is 5.71. The van der Waals surface area contributed by atoms with Crippen LogP contribution in [0.15, 0.2) is 18.2 Å². The summed E-state index contributed by atoms with van der Waals surface area (Å²) in [7, 11) is 0. The third kappa shape index (κ3) is 2.97. The number of rotatable bonds is 4. The highest BCUT2D eigenvalue weighted by molar-refractivity contribution is 5.94. The molecular formula is C13H18N2O2. The lowest BCUT2D eigenvalue weighted by Gasteiger charge is -2.12. The minimum Gasteiger partial charge on any atom is -0.493 e. The Morgan fingerprint density at radius 3 is 3.00 bits per heavy atom. The summed E-state index contributed by atoms with van der Waals surface area (Å²) in [6, 6.07) is 5.39. The van der Waals surface area contributed by atoms with Gasteiger partial charge in [-0.05, 0) is 43.7 Å². The van der Waals surface area contributed by atoms with E-state index in [4.69, 9.17) is 10.5 Å². The summed E-state index contributed by atoms with van der Waals surface area (Å²) >= 11 is 0. The van der Waals surface area contributed by atoms with Crippen molar-refractivity contribution >= 4 is 5.91 Å². The van der Waals surface area contributed by atoms with Gasteiger partial charge in [-0.2, -0.15) is 0 Å². The van der Waals surface area contributed by atoms with E-state index in [-0.39, 0.29) is 0 Å². The molecule has 0 radical (unpaired) electrons. The lowest BCUT2D eigenvalue weighted by Crippen LogP contribution is -2.16. The zero-order valence-electron chi connectivity index (χ0n) is 10.0. The number of nitrogens with one attached hydrogen (secondary N) is 1. The van der Waals surface area contributed by atoms with Crippen LogP contribution in [-0.4, -0.2) is 25.6 Å². The van der Waals surface area contributed by atoms with Gasteiger partial charge >= 0.3 is 0 Å². The molecule has 92 valence electrons. The maximum atomic E-state index is 11.1. The van der Waals surface area contributed by atoms with Crippen molar-refractivity contribution in [1.82, 2.24) is 5.32 Å². The molecule has 1 aromatic rings. The Labute approximate surface area is 101 Å². The van der Waals surface area contributed by atoms with Gasteiger partial charge in [0.1, 0.15) is 5.75 Å². The number of hydrogen-bond donors (Lipinski definition) is 2. The quantitative estimate of drug-likeness (QED) is 0.819. The molecule has 1 aliphatic heterocycles. The van der Waals surface area contributed by atoms with Crippen LogP contribution in [0.25, 0.3) is 0 Å². The van der Waals surface area contributed by atoms with Crippen LogP contribution in [0.5, 0.6) is 5.75 Å². The number of hydrogen-bond acceptors (Lipinski definition) is 3. The Morgan fingerprint density at radius 1 is 1.59 bits per heavy atom. The van der Waals surface area contributed by atoms with E-state index in [1.54, 1.807) is 12.1 Å². The highest BCUT2D eigenvalue weighted by Gasteiger charge is 2.15. The van der Waals surface area contributed by atoms with E-state index in [1.165, 1.54) is 6.42 Å². The monoisotopic (exact) mass is 234 g/mol. The smallest absolute Gasteiger partial charge is 0.248 e. The minimum atomic E-state index is -0.394. The molecule has 0 aromatic heterocycles. The normalized spacial score (nSPS) is 19.2. The van der Waals surface area contributed by atoms with Gasteiger partial charge in [-0.25, -0.2) is 0 Å². The first-order valence-electron chi connectivity index (χ1n) is 5.91. The summed E-state index contributed by atoms with van der Waals surface area (Å²) in [4.78, 5) is 11.1. The molecule has 3 N–H and O–H groups in total. The Bertz CT molecular complexity index is 412. The fourth-order valence-electron chi connectivity index (χ4n) is 2.07. The van der Waals surface area contributed by atoms with Gasteiger partial charge in [0.15, 0.2) is 0 Å². The van der Waals surface area contributed by atoms with Gasteiger partial charge in [0.25, 0.3) is 0 Å². The summed E-state index contributed by atoms with van der Waals surface area (Å²) in [5, 5.41) is 3.30. The van der Waals surface area contributed by atoms with Crippen molar-refractivity contribution in [2.45, 2.75) is 13.3 Å². The van der Waals surface area contributed by atoms with Crippen molar-refractivity contribution in [3.05, 3.63) is 29.3 Å². The number of nitrogens with two attached hydrogens (primary N) is 1. The third-order valence-corrected chi connectivity index (χ3v) is 3.11. The molecule has 1 unspecified atom stereocenters. The van der Waals surface area contributed by atoms with E-state index >= 15 is 0 Å². The van der Waals surface area contributed by atoms with Crippen LogP contribution >= 0.6 is 0 Å². The van der Waals surface area contributed by atoms with Crippen LogP contribution in [0.3, 0.4) is 0 Å². The number of benzene rings is 1. The Kier molecular flexibility index (Phi) is 3.64. The topological polar surface area (TPSA) is 64.3 Å². The second kappa shape index (κ2) is 5.19. The molecular weight excluding hydrogens is 216 g/mol. The predicted octanol–water partition coefficient (Wildman–Crippen LogP) is 1.08. The molecule has 1 aliphatic rings. The molecule has 1 fully saturated rings. The van der Waals surface area contributed by atoms with Crippen LogP contribution in [-0.2, 0) is 0 Å². The number of carbonyl (C=O) groups excluding carboxylic acids is 1. The van der Waals surface area contributed by atoms with E-state index in [9.17, 15) is 4.79 Å². The third-order valence-electron chi connectivity index (χ3n) is 3.11. The van der Waals surface area contributed by atoms with Gasteiger partial charge in [0, 0.05) is 18.0 Å². The minimum absolute atomic E-state index is 0.394. The number of ether oxygens (including phenoxy) is 1. The van der Waals surface area contributed by atoms with Gasteiger partial charge in [0.05, 0.1) is 6.61 Å². The maximum absolute atomic E-state index is 11.1. The van der Waals surface area contributed by atoms with Gasteiger partial charge < -0.3 is 15.8 Å². The number of amides is 1. The molecule has 0 aliphatic carbocycles. The first-order chi connectivity index (χ1) is 8.16. The first kappa shape index (κ1) is 11.9. The molecule has 0 spiro atoms. The van der Waals surface area contributed by atoms with Gasteiger partial charge in [-0.3, -0.25) is 4.79 Å². The number of primary amides is 1. The van der Waals surface area contributed by atoms with Crippen molar-refractivity contribution in [1.29, 1.82) is 0 Å². The zero-order valence-corrected chi connectivity index (χ0v) is 10.0. The lowest BCUT2D eigenvalue weighted by molar-refractivity contribution is 0.0999. The van der Waals surface area contributed by atoms with Crippen LogP contribution in [0.4, 0.5) is 0 Å². The molecule has 0 bridgehead atoms. The summed E-state index contributed by atoms with van der Waals surface area (Å²) in [6.07, 6.45) is 1.17. The van der Waals surface area contributed by atoms with E-state index in [0.717, 1.165) is 31.0 Å². The highest BCUT2D eigenvalue weighted by Crippen LogP contribution is 2.18. The number of carbonyl (C=O) groups is 1. The SMILES string of the molecule is Cc1cc(OCC2CCNC2)ccc1C(N)=O. The zero-order chi connectivity index (χ0) is 12.3. The van der Waals surface area contributed by atoms with E-state index in [1.807, 2.05) is 13.0 Å². The summed E-state index contributed by atoms with van der Waals surface area (Å²) in [6.45, 7) is 4.69. The molecule has 0 saturated carbocycles. The van der Waals surface area contributed by atoms with E-state index < -0.39 is 5.91 Å². The first-order valence-corrected chi connectivity index (χ1v) is 5.91. The van der Waals surface area contributed by atoms with Crippen LogP contribution in [0.2, 0.25) is 0 Å². The lowest BCUT2D eigenvalue weighted by atomic mass is 10.1. The second-order valence-electron chi connectivity index (χ2n) is 4.51. The molecule has 1 heterocycles. The maximum Gasteiger partial charge on any atom is 0.248 e. The van der Waals surface area contributed by atoms with Crippen LogP contribution in [0.1, 0.15) is 22.3 Å². The summed E-state index contributed by atoms with van der Waals surface area (Å²) in [5.74, 6) is 1.000. The standard InChI is InChI=1S/C13H18N2O2/c1-9-6-11(2-3-12(9)13(14)16)17-8-10-4-5-15-7-10/h2-3,6,10,15H,4-5,7-8H2,1H3,(H2,14,16). The molecule has 1 amide bonds. The second-order valence-corrected chi connectivity index (χ2v) is 4.51. The Balaban J connectivity index is 1.97. The fourth-order valence-corrected chi connectivity index (χ4v) is 2.07. The predicted molar refractivity (Wildman–Crippen MR) is 66.2 cm³/mol. The van der Waals surface area contributed by atoms with Gasteiger partial charge in [-0.15, -0.1) is 0 Å². The largest absolute Gasteiger partial charge is 0.493 e. The molecule has 4 nitrogen and oxygen atoms in total. The van der Waals surface area contributed by atoms with E-state index in [0.29, 0.717) is 11.5 Å². The van der Waals surface area contributed by atoms with Crippen molar-refractivity contribution in [3.63, 3.8) is 0 Å². The number of aryl methyl sites for hydroxylation is 1. The molecule has 1 saturated heterocycles. The van der Waals surface area contributed by atoms with Gasteiger partial charge in [0.2, 0.25) is 5.91 Å². The van der Waals surface area contributed by atoms with Gasteiger partial charge in [-0.1, -0.05) is 0 Å². The molecule has 4 heteroatoms. The van der Waals surface area contributed by atoms with Crippen molar-refractivity contribution < 1.29 is 9.53 Å². The van der Waals surface area contributed by atoms with Crippen molar-refractivity contribution in [2.75, 3.05) is 19.7 Å². The van der Waals surface area contributed by atoms with Crippen molar-refractivity contribution in [2.24, 2.45) is 11.7 Å². The molecule has 1 atom stereocenters. The van der Waals surface area contributed by atoms with E-state index in [2.05, 4.69) is 5.32 Å². The molecule has 1 aromatic carbocycles. The van der Waals surface area contributed by atoms with Crippen molar-refractivity contribution in [3.8, 4) is 5.75 Å². The van der Waals surface area contributed by atoms with Crippen LogP contribution in [0, 0.1) is 12.8 Å². The average molecular weight is 234 g/mol. The highest BCUT2D eigenvalue weighted by atomic mass is 16.5. The fraction of sp³-hybridized carbons (Fsp3) is 0.462. The Hall–Kier alpha value is -1.55. The molecule has 17 heavy (non-hydrogen) atoms. The average Bonchev–Trinajstić information content (AvgIpc) is 2.78.